The van der Waals surface area contributed by atoms with E-state index in [-0.39, 0.29) is 0 Å². The van der Waals surface area contributed by atoms with E-state index in [1.807, 2.05) is 0 Å². The summed E-state index contributed by atoms with van der Waals surface area (Å²) >= 11 is 5.86. The van der Waals surface area contributed by atoms with Gasteiger partial charge in [-0.15, -0.1) is 0 Å². The Bertz CT molecular complexity index is 821. The van der Waals surface area contributed by atoms with Gasteiger partial charge in [0.1, 0.15) is 0 Å². The Morgan fingerprint density at radius 3 is 0.930 bits per heavy atom. The Morgan fingerprint density at radius 1 is 0.442 bits per heavy atom. The van der Waals surface area contributed by atoms with Crippen molar-refractivity contribution in [1.29, 1.82) is 0 Å². The van der Waals surface area contributed by atoms with E-state index in [1.54, 1.807) is 10.6 Å². The number of benzene rings is 2. The number of halogens is 4. The van der Waals surface area contributed by atoms with Crippen LogP contribution >= 0.6 is 63.2 Å². The molecule has 0 amide bonds. The molecule has 7 heteroatoms. The van der Waals surface area contributed by atoms with E-state index in [0.717, 1.165) is 0 Å². The second-order valence-corrected chi connectivity index (χ2v) is 39.4. The fourth-order valence-electron chi connectivity index (χ4n) is 6.31. The second-order valence-electron chi connectivity index (χ2n) is 12.1. The van der Waals surface area contributed by atoms with Crippen LogP contribution in [0.5, 0.6) is 0 Å². The first-order valence-electron chi connectivity index (χ1n) is 17.0. The van der Waals surface area contributed by atoms with Crippen molar-refractivity contribution in [2.24, 2.45) is 0 Å². The summed E-state index contributed by atoms with van der Waals surface area (Å²) in [7, 11) is 6.64. The number of hydrogen-bond donors (Lipinski definition) is 0. The zero-order valence-electron chi connectivity index (χ0n) is 27.7. The Hall–Kier alpha value is 1.35. The SMILES string of the molecule is CCCC[P+](CCCC)(CCCCCCCC[P+](CCCC)(CCCC)c1ccccc1)c1ccccc1.[Cl][Co-2]([Cl])([Br])[Br]. The summed E-state index contributed by atoms with van der Waals surface area (Å²) in [4.78, 5) is 0. The minimum atomic E-state index is -1.81. The molecule has 0 heterocycles. The molecule has 0 aliphatic carbocycles. The van der Waals surface area contributed by atoms with Gasteiger partial charge in [0.2, 0.25) is 0 Å². The van der Waals surface area contributed by atoms with Crippen molar-refractivity contribution in [3.05, 3.63) is 60.7 Å². The molecule has 0 bridgehead atoms. The average Bonchev–Trinajstić information content (AvgIpc) is 3.00. The summed E-state index contributed by atoms with van der Waals surface area (Å²) in [6.45, 7) is 9.50. The first-order chi connectivity index (χ1) is 20.7. The normalized spacial score (nSPS) is 12.6. The van der Waals surface area contributed by atoms with Gasteiger partial charge in [-0.3, -0.25) is 0 Å². The maximum absolute atomic E-state index is 5.24. The third-order valence-corrected chi connectivity index (χ3v) is 18.6. The van der Waals surface area contributed by atoms with Crippen molar-refractivity contribution >= 4 is 73.8 Å². The van der Waals surface area contributed by atoms with Gasteiger partial charge in [-0.2, -0.15) is 0 Å². The van der Waals surface area contributed by atoms with Crippen LogP contribution in [0.15, 0.2) is 60.7 Å². The van der Waals surface area contributed by atoms with E-state index in [0.29, 0.717) is 0 Å². The Kier molecular flexibility index (Phi) is 25.0. The zero-order valence-corrected chi connectivity index (χ0v) is 35.2. The molecule has 0 atom stereocenters. The van der Waals surface area contributed by atoms with Gasteiger partial charge in [-0.25, -0.2) is 0 Å². The van der Waals surface area contributed by atoms with E-state index >= 15 is 0 Å². The maximum atomic E-state index is 5.24. The molecule has 0 radical (unpaired) electrons. The second kappa shape index (κ2) is 25.4. The summed E-state index contributed by atoms with van der Waals surface area (Å²) in [5.41, 5.74) is 0. The van der Waals surface area contributed by atoms with Gasteiger partial charge in [0.05, 0.1) is 47.6 Å². The fourth-order valence-corrected chi connectivity index (χ4v) is 16.2. The summed E-state index contributed by atoms with van der Waals surface area (Å²) in [6, 6.07) is 23.5. The zero-order chi connectivity index (χ0) is 31.9. The first kappa shape index (κ1) is 42.4. The van der Waals surface area contributed by atoms with Crippen LogP contribution in [0.3, 0.4) is 0 Å². The van der Waals surface area contributed by atoms with E-state index in [1.165, 1.54) is 127 Å². The van der Waals surface area contributed by atoms with Crippen LogP contribution in [-0.4, -0.2) is 37.0 Å². The molecule has 0 saturated carbocycles. The number of rotatable bonds is 23. The third kappa shape index (κ3) is 19.1. The van der Waals surface area contributed by atoms with Crippen molar-refractivity contribution in [2.45, 2.75) is 118 Å². The van der Waals surface area contributed by atoms with Crippen molar-refractivity contribution in [3.8, 4) is 0 Å². The van der Waals surface area contributed by atoms with Crippen LogP contribution in [0.25, 0.3) is 0 Å². The van der Waals surface area contributed by atoms with Gasteiger partial charge in [-0.05, 0) is 75.6 Å². The summed E-state index contributed by atoms with van der Waals surface area (Å²) in [5.74, 6) is 0. The van der Waals surface area contributed by atoms with Gasteiger partial charge >= 0.3 is 55.9 Å². The predicted molar refractivity (Wildman–Crippen MR) is 212 cm³/mol. The van der Waals surface area contributed by atoms with Crippen molar-refractivity contribution in [3.63, 3.8) is 0 Å². The molecule has 2 aromatic rings. The summed E-state index contributed by atoms with van der Waals surface area (Å²) < 4.78 is 0. The molecule has 0 aromatic heterocycles. The average molecular weight is 846 g/mol. The molecule has 2 rings (SSSR count). The van der Waals surface area contributed by atoms with Gasteiger partial charge in [0, 0.05) is 14.5 Å². The topological polar surface area (TPSA) is 0 Å². The van der Waals surface area contributed by atoms with Crippen LogP contribution in [-0.2, 0) is 7.23 Å². The first-order valence-corrected chi connectivity index (χ1v) is 29.7. The molecule has 0 N–H and O–H groups in total. The van der Waals surface area contributed by atoms with Gasteiger partial charge in [-0.1, -0.05) is 103 Å². The Morgan fingerprint density at radius 2 is 0.674 bits per heavy atom. The van der Waals surface area contributed by atoms with Gasteiger partial charge in [0.15, 0.2) is 0 Å². The van der Waals surface area contributed by atoms with Crippen LogP contribution in [0.1, 0.15) is 118 Å². The standard InChI is InChI=1S/C36H62P2.2BrH.2ClH.Co/c1-5-9-29-37(30-10-6-2,35-25-19-17-20-26-35)33-23-15-13-14-16-24-34-38(31-11-7-3,32-12-8-4)36-27-21-18-22-28-36;;;;;/h17-22,25-28H,5-16,23-24,29-34H2,1-4H3;4*1H;/q+2;;;;;+2/p-4. The van der Waals surface area contributed by atoms with Crippen LogP contribution in [0.4, 0.5) is 0 Å². The summed E-state index contributed by atoms with van der Waals surface area (Å²) in [5, 5.41) is 3.45. The molecule has 2 aromatic carbocycles. The minimum absolute atomic E-state index is 1.02. The Labute approximate surface area is 293 Å². The van der Waals surface area contributed by atoms with Crippen LogP contribution < -0.4 is 10.6 Å². The molecule has 43 heavy (non-hydrogen) atoms. The van der Waals surface area contributed by atoms with E-state index in [2.05, 4.69) is 117 Å². The van der Waals surface area contributed by atoms with E-state index < -0.39 is 21.8 Å². The predicted octanol–water partition coefficient (Wildman–Crippen LogP) is 14.3. The third-order valence-electron chi connectivity index (χ3n) is 8.79. The van der Waals surface area contributed by atoms with Crippen molar-refractivity contribution in [1.82, 2.24) is 0 Å². The molecule has 0 unspecified atom stereocenters. The van der Waals surface area contributed by atoms with Crippen molar-refractivity contribution in [2.75, 3.05) is 37.0 Å². The van der Waals surface area contributed by atoms with Gasteiger partial charge in [0.25, 0.3) is 0 Å². The van der Waals surface area contributed by atoms with Crippen LogP contribution in [0.2, 0.25) is 0 Å². The molecule has 0 aliphatic heterocycles. The summed E-state index contributed by atoms with van der Waals surface area (Å²) in [6.07, 6.45) is 28.6. The van der Waals surface area contributed by atoms with Crippen LogP contribution in [0, 0.1) is 0 Å². The quantitative estimate of drug-likeness (QED) is 0.0772. The molecule has 253 valence electrons. The monoisotopic (exact) mass is 843 g/mol. The molecule has 0 fully saturated rings. The molecule has 0 nitrogen and oxygen atoms in total. The number of hydrogen-bond acceptors (Lipinski definition) is 0. The van der Waals surface area contributed by atoms with Crippen molar-refractivity contribution < 1.29 is 7.23 Å². The Balaban J connectivity index is 0.00000170. The van der Waals surface area contributed by atoms with E-state index in [4.69, 9.17) is 20.3 Å². The van der Waals surface area contributed by atoms with E-state index in [9.17, 15) is 0 Å². The fraction of sp³-hybridized carbons (Fsp3) is 0.667. The molecule has 0 spiro atoms. The molecular weight excluding hydrogens is 784 g/mol. The molecular formula is C36H62Br2Cl2CoP2. The van der Waals surface area contributed by atoms with Gasteiger partial charge < -0.3 is 0 Å². The molecule has 0 saturated heterocycles. The molecule has 0 aliphatic rings. The number of unbranched alkanes of at least 4 members (excludes halogenated alkanes) is 9.